The highest BCUT2D eigenvalue weighted by Gasteiger charge is 2.49. The van der Waals surface area contributed by atoms with Gasteiger partial charge in [0, 0.05) is 6.42 Å². The second-order valence-corrected chi connectivity index (χ2v) is 6.25. The van der Waals surface area contributed by atoms with Crippen LogP contribution in [0.1, 0.15) is 45.1 Å². The highest BCUT2D eigenvalue weighted by molar-refractivity contribution is 7.87. The second kappa shape index (κ2) is 7.67. The Labute approximate surface area is 128 Å². The van der Waals surface area contributed by atoms with Gasteiger partial charge in [0.25, 0.3) is 0 Å². The van der Waals surface area contributed by atoms with Crippen LogP contribution in [0, 0.1) is 0 Å². The Morgan fingerprint density at radius 2 is 1.73 bits per heavy atom. The van der Waals surface area contributed by atoms with Crippen molar-refractivity contribution >= 4 is 15.7 Å². The summed E-state index contributed by atoms with van der Waals surface area (Å²) < 4.78 is 64.7. The van der Waals surface area contributed by atoms with Crippen LogP contribution in [-0.4, -0.2) is 13.9 Å². The first-order chi connectivity index (χ1) is 10.2. The fourth-order valence-corrected chi connectivity index (χ4v) is 2.50. The molecule has 0 aliphatic rings. The van der Waals surface area contributed by atoms with Crippen molar-refractivity contribution in [3.8, 4) is 0 Å². The molecule has 1 aromatic rings. The van der Waals surface area contributed by atoms with Crippen LogP contribution in [0.2, 0.25) is 0 Å². The molecule has 0 atom stereocenters. The number of allylic oxidation sites excluding steroid dienone is 2. The fourth-order valence-electron chi connectivity index (χ4n) is 1.96. The summed E-state index contributed by atoms with van der Waals surface area (Å²) in [7, 11) is -5.65. The molecule has 0 spiro atoms. The van der Waals surface area contributed by atoms with Crippen LogP contribution in [-0.2, 0) is 14.3 Å². The molecule has 0 amide bonds. The standard InChI is InChI=1S/C15H19F3O3S/c1-3-5-11-14(21-22(19,20)15(16,17)18)13(4-2)12-9-7-6-8-10-12/h6-10H,3-5,11H2,1-2H3/b14-13-. The SMILES string of the molecule is CCCC/C(OS(=O)(=O)C(F)(F)F)=C(\CC)c1ccccc1. The summed E-state index contributed by atoms with van der Waals surface area (Å²) in [6.45, 7) is 3.61. The lowest BCUT2D eigenvalue weighted by atomic mass is 10.00. The molecule has 0 aliphatic heterocycles. The van der Waals surface area contributed by atoms with Gasteiger partial charge in [-0.05, 0) is 24.0 Å². The van der Waals surface area contributed by atoms with Crippen molar-refractivity contribution in [1.29, 1.82) is 0 Å². The number of hydrogen-bond donors (Lipinski definition) is 0. The van der Waals surface area contributed by atoms with Gasteiger partial charge in [-0.1, -0.05) is 50.6 Å². The Morgan fingerprint density at radius 1 is 1.14 bits per heavy atom. The van der Waals surface area contributed by atoms with E-state index in [4.69, 9.17) is 0 Å². The highest BCUT2D eigenvalue weighted by Crippen LogP contribution is 2.32. The third-order valence-electron chi connectivity index (χ3n) is 3.06. The van der Waals surface area contributed by atoms with E-state index in [-0.39, 0.29) is 12.2 Å². The third kappa shape index (κ3) is 4.76. The molecule has 22 heavy (non-hydrogen) atoms. The average molecular weight is 336 g/mol. The van der Waals surface area contributed by atoms with Gasteiger partial charge in [0.1, 0.15) is 5.76 Å². The monoisotopic (exact) mass is 336 g/mol. The van der Waals surface area contributed by atoms with Gasteiger partial charge in [0.05, 0.1) is 0 Å². The van der Waals surface area contributed by atoms with Crippen molar-refractivity contribution in [2.45, 2.75) is 45.0 Å². The zero-order valence-electron chi connectivity index (χ0n) is 12.5. The molecule has 1 rings (SSSR count). The van der Waals surface area contributed by atoms with E-state index >= 15 is 0 Å². The van der Waals surface area contributed by atoms with Gasteiger partial charge in [-0.25, -0.2) is 0 Å². The normalized spacial score (nSPS) is 13.7. The number of halogens is 3. The van der Waals surface area contributed by atoms with E-state index in [2.05, 4.69) is 4.18 Å². The number of alkyl halides is 3. The van der Waals surface area contributed by atoms with Crippen LogP contribution >= 0.6 is 0 Å². The van der Waals surface area contributed by atoms with E-state index in [0.717, 1.165) is 0 Å². The summed E-state index contributed by atoms with van der Waals surface area (Å²) in [4.78, 5) is 0. The Morgan fingerprint density at radius 3 is 2.18 bits per heavy atom. The number of hydrogen-bond acceptors (Lipinski definition) is 3. The molecular weight excluding hydrogens is 317 g/mol. The minimum Gasteiger partial charge on any atom is -0.380 e. The molecule has 124 valence electrons. The lowest BCUT2D eigenvalue weighted by Crippen LogP contribution is -2.25. The number of unbranched alkanes of at least 4 members (excludes halogenated alkanes) is 1. The molecule has 1 aromatic carbocycles. The molecule has 3 nitrogen and oxygen atoms in total. The van der Waals surface area contributed by atoms with Crippen molar-refractivity contribution in [3.63, 3.8) is 0 Å². The molecule has 0 saturated heterocycles. The van der Waals surface area contributed by atoms with Crippen LogP contribution in [0.25, 0.3) is 5.57 Å². The summed E-state index contributed by atoms with van der Waals surface area (Å²) in [5, 5.41) is 0. The van der Waals surface area contributed by atoms with Gasteiger partial charge in [-0.2, -0.15) is 21.6 Å². The van der Waals surface area contributed by atoms with Gasteiger partial charge in [0.2, 0.25) is 0 Å². The first kappa shape index (κ1) is 18.5. The lowest BCUT2D eigenvalue weighted by molar-refractivity contribution is -0.0523. The molecule has 7 heteroatoms. The Bertz CT molecular complexity index is 605. The summed E-state index contributed by atoms with van der Waals surface area (Å²) in [6, 6.07) is 8.68. The fraction of sp³-hybridized carbons (Fsp3) is 0.467. The summed E-state index contributed by atoms with van der Waals surface area (Å²) >= 11 is 0. The molecule has 0 unspecified atom stereocenters. The first-order valence-corrected chi connectivity index (χ1v) is 8.42. The smallest absolute Gasteiger partial charge is 0.380 e. The quantitative estimate of drug-likeness (QED) is 0.405. The minimum atomic E-state index is -5.65. The molecule has 0 fully saturated rings. The lowest BCUT2D eigenvalue weighted by Gasteiger charge is -2.16. The zero-order chi connectivity index (χ0) is 16.8. The van der Waals surface area contributed by atoms with Crippen LogP contribution in [0.15, 0.2) is 36.1 Å². The van der Waals surface area contributed by atoms with E-state index in [9.17, 15) is 21.6 Å². The van der Waals surface area contributed by atoms with Crippen molar-refractivity contribution in [2.24, 2.45) is 0 Å². The van der Waals surface area contributed by atoms with E-state index in [1.165, 1.54) is 0 Å². The van der Waals surface area contributed by atoms with E-state index in [1.54, 1.807) is 37.3 Å². The molecule has 0 bridgehead atoms. The molecule has 0 aliphatic carbocycles. The van der Waals surface area contributed by atoms with Gasteiger partial charge >= 0.3 is 15.6 Å². The van der Waals surface area contributed by atoms with E-state index < -0.39 is 15.6 Å². The predicted molar refractivity (Wildman–Crippen MR) is 79.2 cm³/mol. The zero-order valence-corrected chi connectivity index (χ0v) is 13.3. The Hall–Kier alpha value is -1.50. The first-order valence-electron chi connectivity index (χ1n) is 7.01. The van der Waals surface area contributed by atoms with Crippen LogP contribution in [0.3, 0.4) is 0 Å². The average Bonchev–Trinajstić information content (AvgIpc) is 2.45. The van der Waals surface area contributed by atoms with Gasteiger partial charge in [-0.3, -0.25) is 0 Å². The predicted octanol–water partition coefficient (Wildman–Crippen LogP) is 4.86. The molecule has 0 N–H and O–H groups in total. The maximum atomic E-state index is 12.6. The largest absolute Gasteiger partial charge is 0.534 e. The van der Waals surface area contributed by atoms with E-state index in [1.807, 2.05) is 6.92 Å². The van der Waals surface area contributed by atoms with Crippen molar-refractivity contribution < 1.29 is 25.8 Å². The van der Waals surface area contributed by atoms with Crippen LogP contribution in [0.5, 0.6) is 0 Å². The van der Waals surface area contributed by atoms with Gasteiger partial charge in [-0.15, -0.1) is 0 Å². The van der Waals surface area contributed by atoms with Crippen LogP contribution < -0.4 is 0 Å². The Balaban J connectivity index is 3.29. The summed E-state index contributed by atoms with van der Waals surface area (Å²) in [5.74, 6) is -0.132. The Kier molecular flexibility index (Phi) is 6.47. The van der Waals surface area contributed by atoms with Gasteiger partial charge in [0.15, 0.2) is 0 Å². The topological polar surface area (TPSA) is 43.4 Å². The molecule has 0 heterocycles. The third-order valence-corrected chi connectivity index (χ3v) is 4.05. The maximum Gasteiger partial charge on any atom is 0.534 e. The molecule has 0 radical (unpaired) electrons. The van der Waals surface area contributed by atoms with Crippen molar-refractivity contribution in [2.75, 3.05) is 0 Å². The van der Waals surface area contributed by atoms with E-state index in [0.29, 0.717) is 30.4 Å². The molecule has 0 saturated carbocycles. The summed E-state index contributed by atoms with van der Waals surface area (Å²) in [5.41, 5.74) is -4.30. The van der Waals surface area contributed by atoms with Crippen molar-refractivity contribution in [3.05, 3.63) is 41.7 Å². The second-order valence-electron chi connectivity index (χ2n) is 4.71. The molecular formula is C15H19F3O3S. The minimum absolute atomic E-state index is 0.132. The van der Waals surface area contributed by atoms with Crippen molar-refractivity contribution in [1.82, 2.24) is 0 Å². The molecule has 0 aromatic heterocycles. The number of benzene rings is 1. The van der Waals surface area contributed by atoms with Gasteiger partial charge < -0.3 is 4.18 Å². The number of rotatable bonds is 7. The van der Waals surface area contributed by atoms with Crippen LogP contribution in [0.4, 0.5) is 13.2 Å². The highest BCUT2D eigenvalue weighted by atomic mass is 32.2. The maximum absolute atomic E-state index is 12.6. The summed E-state index contributed by atoms with van der Waals surface area (Å²) in [6.07, 6.45) is 1.77.